The van der Waals surface area contributed by atoms with Gasteiger partial charge in [0.1, 0.15) is 18.0 Å². The first-order valence-corrected chi connectivity index (χ1v) is 14.2. The van der Waals surface area contributed by atoms with Gasteiger partial charge in [-0.1, -0.05) is 43.9 Å². The van der Waals surface area contributed by atoms with Crippen molar-refractivity contribution in [3.05, 3.63) is 59.8 Å². The molecule has 1 aromatic heterocycles. The van der Waals surface area contributed by atoms with Crippen LogP contribution in [0.5, 0.6) is 11.5 Å². The van der Waals surface area contributed by atoms with E-state index >= 15 is 0 Å². The minimum Gasteiger partial charge on any atom is -0.495 e. The number of hydrogen-bond donors (Lipinski definition) is 0. The molecule has 6 nitrogen and oxygen atoms in total. The largest absolute Gasteiger partial charge is 0.495 e. The van der Waals surface area contributed by atoms with Gasteiger partial charge in [-0.2, -0.15) is 0 Å². The molecule has 3 aliphatic rings. The molecule has 6 heteroatoms. The zero-order valence-electron chi connectivity index (χ0n) is 22.2. The Balaban J connectivity index is 1.22. The van der Waals surface area contributed by atoms with Gasteiger partial charge in [-0.25, -0.2) is 0 Å². The van der Waals surface area contributed by atoms with E-state index in [0.29, 0.717) is 12.8 Å². The van der Waals surface area contributed by atoms with E-state index in [1.807, 2.05) is 12.3 Å². The summed E-state index contributed by atoms with van der Waals surface area (Å²) in [6, 6.07) is 15.7. The van der Waals surface area contributed by atoms with Crippen molar-refractivity contribution in [2.24, 2.45) is 0 Å². The predicted molar refractivity (Wildman–Crippen MR) is 149 cm³/mol. The van der Waals surface area contributed by atoms with Crippen LogP contribution in [0.25, 0.3) is 10.9 Å². The second kappa shape index (κ2) is 11.3. The van der Waals surface area contributed by atoms with Crippen LogP contribution in [0.3, 0.4) is 0 Å². The molecule has 1 saturated carbocycles. The molecule has 196 valence electrons. The van der Waals surface area contributed by atoms with Crippen LogP contribution >= 0.6 is 0 Å². The summed E-state index contributed by atoms with van der Waals surface area (Å²) in [7, 11) is 1.76. The molecule has 0 unspecified atom stereocenters. The quantitative estimate of drug-likeness (QED) is 0.411. The molecule has 1 saturated heterocycles. The first kappa shape index (κ1) is 24.5. The second-order valence-electron chi connectivity index (χ2n) is 10.9. The van der Waals surface area contributed by atoms with E-state index in [1.165, 1.54) is 60.7 Å². The number of anilines is 1. The first-order chi connectivity index (χ1) is 18.3. The van der Waals surface area contributed by atoms with Crippen LogP contribution in [0.1, 0.15) is 56.1 Å². The molecule has 3 aromatic rings. The van der Waals surface area contributed by atoms with Gasteiger partial charge < -0.3 is 14.4 Å². The molecule has 0 atom stereocenters. The molecular formula is C31H40N4O2. The van der Waals surface area contributed by atoms with Gasteiger partial charge in [-0.05, 0) is 49.1 Å². The number of para-hydroxylation sites is 2. The van der Waals surface area contributed by atoms with Crippen LogP contribution < -0.4 is 14.4 Å². The van der Waals surface area contributed by atoms with E-state index in [2.05, 4.69) is 51.1 Å². The average molecular weight is 501 g/mol. The van der Waals surface area contributed by atoms with Crippen LogP contribution in [0.15, 0.2) is 48.7 Å². The number of methoxy groups -OCH3 is 1. The lowest BCUT2D eigenvalue weighted by molar-refractivity contribution is 0.0503. The van der Waals surface area contributed by atoms with Crippen LogP contribution in [-0.2, 0) is 13.1 Å². The van der Waals surface area contributed by atoms with Crippen molar-refractivity contribution in [2.75, 3.05) is 44.9 Å². The van der Waals surface area contributed by atoms with E-state index < -0.39 is 0 Å². The molecule has 0 spiro atoms. The Labute approximate surface area is 221 Å². The molecule has 2 aliphatic heterocycles. The Kier molecular flexibility index (Phi) is 7.47. The zero-order chi connectivity index (χ0) is 25.0. The fraction of sp³-hybridized carbons (Fsp3) is 0.516. The van der Waals surface area contributed by atoms with Crippen molar-refractivity contribution < 1.29 is 9.47 Å². The fourth-order valence-corrected chi connectivity index (χ4v) is 6.53. The number of aromatic nitrogens is 1. The van der Waals surface area contributed by atoms with E-state index in [4.69, 9.17) is 14.5 Å². The van der Waals surface area contributed by atoms with Gasteiger partial charge in [0, 0.05) is 62.5 Å². The number of fused-ring (bicyclic) bond motifs is 3. The highest BCUT2D eigenvalue weighted by molar-refractivity contribution is 5.89. The molecule has 0 radical (unpaired) electrons. The first-order valence-electron chi connectivity index (χ1n) is 14.2. The molecular weight excluding hydrogens is 460 g/mol. The lowest BCUT2D eigenvalue weighted by atomic mass is 9.99. The number of benzene rings is 2. The zero-order valence-corrected chi connectivity index (χ0v) is 22.2. The highest BCUT2D eigenvalue weighted by Gasteiger charge is 2.28. The van der Waals surface area contributed by atoms with Gasteiger partial charge in [0.2, 0.25) is 0 Å². The Morgan fingerprint density at radius 3 is 2.68 bits per heavy atom. The van der Waals surface area contributed by atoms with Crippen molar-refractivity contribution in [1.29, 1.82) is 0 Å². The summed E-state index contributed by atoms with van der Waals surface area (Å²) in [4.78, 5) is 12.5. The monoisotopic (exact) mass is 500 g/mol. The summed E-state index contributed by atoms with van der Waals surface area (Å²) >= 11 is 0. The molecule has 3 heterocycles. The molecule has 0 bridgehead atoms. The van der Waals surface area contributed by atoms with E-state index in [9.17, 15) is 0 Å². The van der Waals surface area contributed by atoms with E-state index in [1.54, 1.807) is 7.11 Å². The summed E-state index contributed by atoms with van der Waals surface area (Å²) < 4.78 is 12.1. The maximum Gasteiger partial charge on any atom is 0.152 e. The number of rotatable bonds is 5. The maximum absolute atomic E-state index is 6.42. The number of nitrogens with zero attached hydrogens (tertiary/aromatic N) is 4. The molecule has 37 heavy (non-hydrogen) atoms. The van der Waals surface area contributed by atoms with Crippen molar-refractivity contribution in [1.82, 2.24) is 14.8 Å². The van der Waals surface area contributed by atoms with Crippen molar-refractivity contribution in [3.8, 4) is 11.5 Å². The van der Waals surface area contributed by atoms with Crippen LogP contribution in [-0.4, -0.2) is 60.8 Å². The topological polar surface area (TPSA) is 41.1 Å². The smallest absolute Gasteiger partial charge is 0.152 e. The predicted octanol–water partition coefficient (Wildman–Crippen LogP) is 5.83. The average Bonchev–Trinajstić information content (AvgIpc) is 3.36. The maximum atomic E-state index is 6.42. The van der Waals surface area contributed by atoms with Gasteiger partial charge in [0.25, 0.3) is 0 Å². The molecule has 1 aliphatic carbocycles. The molecule has 6 rings (SSSR count). The Hall–Kier alpha value is -2.83. The van der Waals surface area contributed by atoms with Gasteiger partial charge in [-0.15, -0.1) is 0 Å². The van der Waals surface area contributed by atoms with Gasteiger partial charge in [-0.3, -0.25) is 14.8 Å². The van der Waals surface area contributed by atoms with E-state index in [-0.39, 0.29) is 0 Å². The van der Waals surface area contributed by atoms with Crippen LogP contribution in [0, 0.1) is 0 Å². The molecule has 0 amide bonds. The Bertz CT molecular complexity index is 1210. The summed E-state index contributed by atoms with van der Waals surface area (Å²) in [6.45, 7) is 6.78. The highest BCUT2D eigenvalue weighted by Crippen LogP contribution is 2.37. The molecule has 0 N–H and O–H groups in total. The van der Waals surface area contributed by atoms with Gasteiger partial charge in [0.15, 0.2) is 5.75 Å². The Morgan fingerprint density at radius 2 is 1.81 bits per heavy atom. The van der Waals surface area contributed by atoms with Gasteiger partial charge in [0.05, 0.1) is 12.8 Å². The third kappa shape index (κ3) is 5.27. The fourth-order valence-electron chi connectivity index (χ4n) is 6.53. The van der Waals surface area contributed by atoms with Crippen molar-refractivity contribution >= 4 is 16.6 Å². The number of pyridine rings is 1. The number of hydrogen-bond acceptors (Lipinski definition) is 6. The van der Waals surface area contributed by atoms with E-state index in [0.717, 1.165) is 62.7 Å². The lowest BCUT2D eigenvalue weighted by Gasteiger charge is -2.36. The van der Waals surface area contributed by atoms with Crippen molar-refractivity contribution in [3.63, 3.8) is 0 Å². The SMILES string of the molecule is COc1ccccc1N1CCCN(Cc2cc3c(c4ncccc24)OCN(C2CCCCCC2)C3)CC1. The summed E-state index contributed by atoms with van der Waals surface area (Å²) in [5.74, 6) is 1.96. The lowest BCUT2D eigenvalue weighted by Crippen LogP contribution is -2.40. The standard InChI is InChI=1S/C31H40N4O2/c1-36-29-14-7-6-13-28(29)34-17-9-16-33(18-19-34)21-24-20-25-22-35(26-10-4-2-3-5-11-26)23-37-31(25)30-27(24)12-8-15-32-30/h6-8,12-15,20,26H,2-5,9-11,16-19,21-23H2,1H3. The highest BCUT2D eigenvalue weighted by atomic mass is 16.5. The summed E-state index contributed by atoms with van der Waals surface area (Å²) in [6.07, 6.45) is 11.1. The molecule has 2 aromatic carbocycles. The van der Waals surface area contributed by atoms with Gasteiger partial charge >= 0.3 is 0 Å². The summed E-state index contributed by atoms with van der Waals surface area (Å²) in [5, 5.41) is 1.23. The third-order valence-corrected chi connectivity index (χ3v) is 8.51. The van der Waals surface area contributed by atoms with Crippen LogP contribution in [0.2, 0.25) is 0 Å². The summed E-state index contributed by atoms with van der Waals surface area (Å²) in [5.41, 5.74) is 4.91. The Morgan fingerprint density at radius 1 is 0.946 bits per heavy atom. The number of ether oxygens (including phenoxy) is 2. The molecule has 2 fully saturated rings. The van der Waals surface area contributed by atoms with Crippen LogP contribution in [0.4, 0.5) is 5.69 Å². The minimum atomic E-state index is 0.644. The van der Waals surface area contributed by atoms with Crippen molar-refractivity contribution in [2.45, 2.75) is 64.1 Å². The minimum absolute atomic E-state index is 0.644. The second-order valence-corrected chi connectivity index (χ2v) is 10.9. The third-order valence-electron chi connectivity index (χ3n) is 8.51. The normalized spacial score (nSPS) is 20.2.